The summed E-state index contributed by atoms with van der Waals surface area (Å²) in [5.41, 5.74) is 10.3. The highest BCUT2D eigenvalue weighted by atomic mass is 16.2. The first kappa shape index (κ1) is 12.5. The normalized spacial score (nSPS) is 13.8. The minimum Gasteiger partial charge on any atom is -0.370 e. The second-order valence-electron chi connectivity index (χ2n) is 2.91. The molecule has 0 aromatic heterocycles. The van der Waals surface area contributed by atoms with Crippen molar-refractivity contribution in [2.75, 3.05) is 0 Å². The second-order valence-corrected chi connectivity index (χ2v) is 2.91. The van der Waals surface area contributed by atoms with E-state index in [1.165, 1.54) is 0 Å². The van der Waals surface area contributed by atoms with Crippen LogP contribution in [0.3, 0.4) is 0 Å². The number of carbonyl (C=O) groups excluding carboxylic acids is 2. The van der Waals surface area contributed by atoms with E-state index in [1.807, 2.05) is 6.92 Å². The lowest BCUT2D eigenvalue weighted by atomic mass is 10.1. The molecule has 0 rings (SSSR count). The highest BCUT2D eigenvalue weighted by Gasteiger charge is 2.17. The number of amides is 2. The molecule has 78 valence electrons. The number of nitrogens with one attached hydrogen (secondary N) is 1. The van der Waals surface area contributed by atoms with Crippen molar-refractivity contribution < 1.29 is 9.59 Å². The monoisotopic (exact) mass is 197 g/mol. The Bertz CT molecular complexity index is 257. The van der Waals surface area contributed by atoms with Gasteiger partial charge in [0.2, 0.25) is 11.8 Å². The standard InChI is InChI=1S/C9H15N3O2/c1-3-6(4-2)12-9(14)7(10)5-8(11)13/h1,6-7H,4-5,10H2,2H3,(H2,11,13)(H,12,14). The van der Waals surface area contributed by atoms with Gasteiger partial charge in [-0.1, -0.05) is 12.8 Å². The van der Waals surface area contributed by atoms with Gasteiger partial charge in [0.1, 0.15) is 0 Å². The van der Waals surface area contributed by atoms with Crippen LogP contribution in [0.15, 0.2) is 0 Å². The molecule has 0 bridgehead atoms. The van der Waals surface area contributed by atoms with Crippen LogP contribution < -0.4 is 16.8 Å². The average Bonchev–Trinajstić information content (AvgIpc) is 2.12. The summed E-state index contributed by atoms with van der Waals surface area (Å²) < 4.78 is 0. The molecule has 0 aliphatic heterocycles. The van der Waals surface area contributed by atoms with Crippen molar-refractivity contribution in [1.82, 2.24) is 5.32 Å². The van der Waals surface area contributed by atoms with Gasteiger partial charge in [-0.25, -0.2) is 0 Å². The van der Waals surface area contributed by atoms with Gasteiger partial charge >= 0.3 is 0 Å². The number of hydrogen-bond acceptors (Lipinski definition) is 3. The molecule has 0 saturated carbocycles. The van der Waals surface area contributed by atoms with E-state index in [2.05, 4.69) is 11.2 Å². The zero-order valence-corrected chi connectivity index (χ0v) is 8.12. The number of carbonyl (C=O) groups is 2. The third kappa shape index (κ3) is 4.48. The first-order valence-corrected chi connectivity index (χ1v) is 4.31. The molecule has 0 radical (unpaired) electrons. The van der Waals surface area contributed by atoms with E-state index >= 15 is 0 Å². The van der Waals surface area contributed by atoms with Crippen molar-refractivity contribution in [2.24, 2.45) is 11.5 Å². The fourth-order valence-corrected chi connectivity index (χ4v) is 0.850. The smallest absolute Gasteiger partial charge is 0.238 e. The van der Waals surface area contributed by atoms with E-state index < -0.39 is 17.9 Å². The van der Waals surface area contributed by atoms with E-state index in [-0.39, 0.29) is 12.5 Å². The van der Waals surface area contributed by atoms with Gasteiger partial charge in [0.15, 0.2) is 0 Å². The molecule has 5 heteroatoms. The zero-order valence-electron chi connectivity index (χ0n) is 8.12. The lowest BCUT2D eigenvalue weighted by Gasteiger charge is -2.14. The van der Waals surface area contributed by atoms with Crippen molar-refractivity contribution in [3.05, 3.63) is 0 Å². The Balaban J connectivity index is 4.08. The van der Waals surface area contributed by atoms with Crippen LogP contribution in [-0.4, -0.2) is 23.9 Å². The van der Waals surface area contributed by atoms with Crippen molar-refractivity contribution in [1.29, 1.82) is 0 Å². The van der Waals surface area contributed by atoms with E-state index in [0.717, 1.165) is 0 Å². The third-order valence-corrected chi connectivity index (χ3v) is 1.68. The summed E-state index contributed by atoms with van der Waals surface area (Å²) in [6.07, 6.45) is 5.58. The minimum atomic E-state index is -0.921. The van der Waals surface area contributed by atoms with E-state index in [1.54, 1.807) is 0 Å². The summed E-state index contributed by atoms with van der Waals surface area (Å²) in [6.45, 7) is 1.84. The van der Waals surface area contributed by atoms with E-state index in [4.69, 9.17) is 17.9 Å². The van der Waals surface area contributed by atoms with Crippen LogP contribution in [-0.2, 0) is 9.59 Å². The molecule has 2 amide bonds. The molecular weight excluding hydrogens is 182 g/mol. The zero-order chi connectivity index (χ0) is 11.1. The lowest BCUT2D eigenvalue weighted by Crippen LogP contribution is -2.46. The van der Waals surface area contributed by atoms with Crippen LogP contribution in [0.5, 0.6) is 0 Å². The van der Waals surface area contributed by atoms with Crippen LogP contribution in [0.4, 0.5) is 0 Å². The number of terminal acetylenes is 1. The Hall–Kier alpha value is -1.54. The minimum absolute atomic E-state index is 0.174. The predicted molar refractivity (Wildman–Crippen MR) is 52.8 cm³/mol. The molecule has 2 atom stereocenters. The number of primary amides is 1. The summed E-state index contributed by atoms with van der Waals surface area (Å²) >= 11 is 0. The number of rotatable bonds is 5. The quantitative estimate of drug-likeness (QED) is 0.478. The van der Waals surface area contributed by atoms with Crippen LogP contribution >= 0.6 is 0 Å². The molecule has 0 aliphatic rings. The molecule has 2 unspecified atom stereocenters. The molecule has 0 saturated heterocycles. The molecular formula is C9H15N3O2. The van der Waals surface area contributed by atoms with E-state index in [0.29, 0.717) is 6.42 Å². The first-order chi connectivity index (χ1) is 6.51. The van der Waals surface area contributed by atoms with E-state index in [9.17, 15) is 9.59 Å². The molecule has 5 nitrogen and oxygen atoms in total. The molecule has 0 aliphatic carbocycles. The molecule has 0 fully saturated rings. The summed E-state index contributed by atoms with van der Waals surface area (Å²) in [5, 5.41) is 2.51. The third-order valence-electron chi connectivity index (χ3n) is 1.68. The van der Waals surface area contributed by atoms with Gasteiger partial charge in [-0.15, -0.1) is 6.42 Å². The summed E-state index contributed by atoms with van der Waals surface area (Å²) in [4.78, 5) is 21.7. The number of nitrogens with two attached hydrogens (primary N) is 2. The van der Waals surface area contributed by atoms with Crippen molar-refractivity contribution >= 4 is 11.8 Å². The van der Waals surface area contributed by atoms with Gasteiger partial charge in [-0.05, 0) is 6.42 Å². The first-order valence-electron chi connectivity index (χ1n) is 4.31. The fourth-order valence-electron chi connectivity index (χ4n) is 0.850. The average molecular weight is 197 g/mol. The van der Waals surface area contributed by atoms with Gasteiger partial charge in [0.05, 0.1) is 18.5 Å². The van der Waals surface area contributed by atoms with Crippen LogP contribution in [0, 0.1) is 12.3 Å². The predicted octanol–water partition coefficient (Wildman–Crippen LogP) is -1.28. The highest BCUT2D eigenvalue weighted by molar-refractivity contribution is 5.87. The Morgan fingerprint density at radius 1 is 1.57 bits per heavy atom. The van der Waals surface area contributed by atoms with Crippen molar-refractivity contribution in [2.45, 2.75) is 31.8 Å². The van der Waals surface area contributed by atoms with Crippen LogP contribution in [0.25, 0.3) is 0 Å². The fraction of sp³-hybridized carbons (Fsp3) is 0.556. The molecule has 5 N–H and O–H groups in total. The maximum absolute atomic E-state index is 11.3. The Morgan fingerprint density at radius 3 is 2.50 bits per heavy atom. The van der Waals surface area contributed by atoms with Gasteiger partial charge in [0, 0.05) is 0 Å². The van der Waals surface area contributed by atoms with Gasteiger partial charge < -0.3 is 16.8 Å². The lowest BCUT2D eigenvalue weighted by molar-refractivity contribution is -0.126. The summed E-state index contributed by atoms with van der Waals surface area (Å²) in [5.74, 6) is 1.33. The highest BCUT2D eigenvalue weighted by Crippen LogP contribution is 1.92. The summed E-state index contributed by atoms with van der Waals surface area (Å²) in [6, 6.07) is -1.27. The largest absolute Gasteiger partial charge is 0.370 e. The summed E-state index contributed by atoms with van der Waals surface area (Å²) in [7, 11) is 0. The van der Waals surface area contributed by atoms with Crippen molar-refractivity contribution in [3.63, 3.8) is 0 Å². The molecule has 0 aromatic carbocycles. The van der Waals surface area contributed by atoms with Gasteiger partial charge in [-0.2, -0.15) is 0 Å². The Labute approximate surface area is 83.2 Å². The molecule has 14 heavy (non-hydrogen) atoms. The SMILES string of the molecule is C#CC(CC)NC(=O)C(N)CC(N)=O. The van der Waals surface area contributed by atoms with Crippen LogP contribution in [0.1, 0.15) is 19.8 Å². The topological polar surface area (TPSA) is 98.2 Å². The van der Waals surface area contributed by atoms with Crippen molar-refractivity contribution in [3.8, 4) is 12.3 Å². The maximum atomic E-state index is 11.3. The maximum Gasteiger partial charge on any atom is 0.238 e. The number of hydrogen-bond donors (Lipinski definition) is 3. The molecule has 0 spiro atoms. The molecule has 0 aromatic rings. The molecule has 0 heterocycles. The Morgan fingerprint density at radius 2 is 2.14 bits per heavy atom. The second kappa shape index (κ2) is 6.00. The van der Waals surface area contributed by atoms with Gasteiger partial charge in [-0.3, -0.25) is 9.59 Å². The van der Waals surface area contributed by atoms with Crippen LogP contribution in [0.2, 0.25) is 0 Å². The van der Waals surface area contributed by atoms with Gasteiger partial charge in [0.25, 0.3) is 0 Å². The Kier molecular flexibility index (Phi) is 5.34.